The van der Waals surface area contributed by atoms with Gasteiger partial charge < -0.3 is 41.4 Å². The number of ketones is 1. The maximum atomic E-state index is 12.3. The van der Waals surface area contributed by atoms with Gasteiger partial charge in [0.05, 0.1) is 0 Å². The van der Waals surface area contributed by atoms with Crippen molar-refractivity contribution in [3.63, 3.8) is 0 Å². The average molecular weight is 557 g/mol. The lowest BCUT2D eigenvalue weighted by molar-refractivity contribution is -0.141. The van der Waals surface area contributed by atoms with Crippen LogP contribution >= 0.6 is 0 Å². The zero-order valence-corrected chi connectivity index (χ0v) is 22.2. The number of unbranched alkanes of at least 4 members (excludes halogenated alkanes) is 1. The Hall–Kier alpha value is -3.71. The first-order valence-electron chi connectivity index (χ1n) is 13.2. The number of nitrogens with one attached hydrogen (secondary N) is 4. The number of carboxylic acids is 3. The SMILES string of the molecule is CC(=O)CCCCNC(=O)C1CCC(CNC(=O)CCC(NC(=O)NC(CCC(=O)O)C(=O)O)C(=O)O)CC1. The molecule has 0 aromatic rings. The zero-order chi connectivity index (χ0) is 29.4. The maximum Gasteiger partial charge on any atom is 0.326 e. The first kappa shape index (κ1) is 33.3. The lowest BCUT2D eigenvalue weighted by Gasteiger charge is -2.28. The molecule has 0 aromatic heterocycles. The molecule has 0 aromatic carbocycles. The van der Waals surface area contributed by atoms with Gasteiger partial charge in [-0.05, 0) is 64.2 Å². The van der Waals surface area contributed by atoms with E-state index in [0.29, 0.717) is 32.4 Å². The Balaban J connectivity index is 2.34. The molecule has 1 fully saturated rings. The van der Waals surface area contributed by atoms with Gasteiger partial charge in [-0.1, -0.05) is 0 Å². The minimum atomic E-state index is -1.52. The van der Waals surface area contributed by atoms with Crippen LogP contribution in [-0.4, -0.2) is 82.0 Å². The van der Waals surface area contributed by atoms with Gasteiger partial charge in [-0.2, -0.15) is 0 Å². The predicted octanol–water partition coefficient (Wildman–Crippen LogP) is 0.635. The van der Waals surface area contributed by atoms with Crippen LogP contribution in [0.2, 0.25) is 0 Å². The summed E-state index contributed by atoms with van der Waals surface area (Å²) in [4.78, 5) is 80.9. The van der Waals surface area contributed by atoms with Gasteiger partial charge in [-0.3, -0.25) is 14.4 Å². The summed E-state index contributed by atoms with van der Waals surface area (Å²) in [6, 6.07) is -4.07. The van der Waals surface area contributed by atoms with E-state index in [1.807, 2.05) is 5.32 Å². The number of hydrogen-bond acceptors (Lipinski definition) is 7. The van der Waals surface area contributed by atoms with Crippen LogP contribution in [0.15, 0.2) is 0 Å². The molecule has 0 saturated heterocycles. The third-order valence-corrected chi connectivity index (χ3v) is 6.57. The molecule has 0 bridgehead atoms. The van der Waals surface area contributed by atoms with Crippen molar-refractivity contribution in [3.8, 4) is 0 Å². The van der Waals surface area contributed by atoms with Crippen molar-refractivity contribution in [2.24, 2.45) is 11.8 Å². The van der Waals surface area contributed by atoms with Crippen molar-refractivity contribution < 1.29 is 48.9 Å². The van der Waals surface area contributed by atoms with Gasteiger partial charge in [0.1, 0.15) is 17.9 Å². The Bertz CT molecular complexity index is 886. The summed E-state index contributed by atoms with van der Waals surface area (Å²) in [6.07, 6.45) is 3.62. The van der Waals surface area contributed by atoms with E-state index < -0.39 is 48.4 Å². The zero-order valence-electron chi connectivity index (χ0n) is 22.2. The molecule has 220 valence electrons. The molecule has 0 radical (unpaired) electrons. The fourth-order valence-corrected chi connectivity index (χ4v) is 4.25. The number of Topliss-reactive ketones (excluding diaryl/α,β-unsaturated/α-hetero) is 1. The number of amides is 4. The van der Waals surface area contributed by atoms with Crippen LogP contribution in [0.5, 0.6) is 0 Å². The molecule has 0 spiro atoms. The number of carbonyl (C=O) groups is 7. The second kappa shape index (κ2) is 17.7. The van der Waals surface area contributed by atoms with Crippen LogP contribution in [0.4, 0.5) is 4.79 Å². The monoisotopic (exact) mass is 556 g/mol. The molecule has 2 unspecified atom stereocenters. The Morgan fingerprint density at radius 3 is 1.82 bits per heavy atom. The largest absolute Gasteiger partial charge is 0.481 e. The minimum absolute atomic E-state index is 0.00752. The Labute approximate surface area is 226 Å². The molecule has 39 heavy (non-hydrogen) atoms. The number of carboxylic acid groups (broad SMARTS) is 3. The van der Waals surface area contributed by atoms with E-state index in [1.54, 1.807) is 6.92 Å². The normalized spacial score (nSPS) is 18.2. The topological polar surface area (TPSA) is 228 Å². The van der Waals surface area contributed by atoms with Crippen molar-refractivity contribution in [1.82, 2.24) is 21.3 Å². The maximum absolute atomic E-state index is 12.3. The summed E-state index contributed by atoms with van der Waals surface area (Å²) in [5.74, 6) is -4.28. The van der Waals surface area contributed by atoms with E-state index >= 15 is 0 Å². The highest BCUT2D eigenvalue weighted by atomic mass is 16.4. The smallest absolute Gasteiger partial charge is 0.326 e. The number of rotatable bonds is 18. The van der Waals surface area contributed by atoms with E-state index in [2.05, 4.69) is 16.0 Å². The van der Waals surface area contributed by atoms with Crippen LogP contribution in [0.3, 0.4) is 0 Å². The van der Waals surface area contributed by atoms with Gasteiger partial charge in [-0.25, -0.2) is 14.4 Å². The molecule has 1 aliphatic rings. The summed E-state index contributed by atoms with van der Waals surface area (Å²) in [5.41, 5.74) is 0. The lowest BCUT2D eigenvalue weighted by atomic mass is 9.81. The third kappa shape index (κ3) is 14.7. The van der Waals surface area contributed by atoms with E-state index in [-0.39, 0.29) is 42.8 Å². The minimum Gasteiger partial charge on any atom is -0.481 e. The Morgan fingerprint density at radius 1 is 0.744 bits per heavy atom. The van der Waals surface area contributed by atoms with Gasteiger partial charge in [0.2, 0.25) is 11.8 Å². The van der Waals surface area contributed by atoms with E-state index in [9.17, 15) is 38.7 Å². The van der Waals surface area contributed by atoms with Crippen LogP contribution in [-0.2, 0) is 28.8 Å². The second-order valence-corrected chi connectivity index (χ2v) is 9.84. The molecule has 1 rings (SSSR count). The number of hydrogen-bond donors (Lipinski definition) is 7. The molecule has 14 nitrogen and oxygen atoms in total. The van der Waals surface area contributed by atoms with E-state index in [4.69, 9.17) is 10.2 Å². The van der Waals surface area contributed by atoms with Crippen molar-refractivity contribution in [2.75, 3.05) is 13.1 Å². The number of aliphatic carboxylic acids is 3. The predicted molar refractivity (Wildman–Crippen MR) is 137 cm³/mol. The summed E-state index contributed by atoms with van der Waals surface area (Å²) < 4.78 is 0. The van der Waals surface area contributed by atoms with Gasteiger partial charge in [0, 0.05) is 38.3 Å². The molecule has 4 amide bonds. The Kier molecular flexibility index (Phi) is 15.2. The molecular formula is C25H40N4O10. The molecule has 0 aliphatic heterocycles. The molecular weight excluding hydrogens is 516 g/mol. The molecule has 7 N–H and O–H groups in total. The second-order valence-electron chi connectivity index (χ2n) is 9.84. The standard InChI is InChI=1S/C25H40N4O10/c1-15(30)4-2-3-13-26-22(34)17-7-5-16(6-8-17)14-27-20(31)11-9-18(23(35)36)28-25(39)29-19(24(37)38)10-12-21(32)33/h16-19H,2-14H2,1H3,(H,26,34)(H,27,31)(H,32,33)(H,35,36)(H,37,38)(H2,28,29,39). The van der Waals surface area contributed by atoms with Crippen molar-refractivity contribution in [1.29, 1.82) is 0 Å². The van der Waals surface area contributed by atoms with Gasteiger partial charge >= 0.3 is 23.9 Å². The molecule has 0 heterocycles. The summed E-state index contributed by atoms with van der Waals surface area (Å²) in [6.45, 7) is 2.47. The quantitative estimate of drug-likeness (QED) is 0.116. The van der Waals surface area contributed by atoms with Crippen molar-refractivity contribution in [3.05, 3.63) is 0 Å². The molecule has 1 saturated carbocycles. The number of urea groups is 1. The highest BCUT2D eigenvalue weighted by Crippen LogP contribution is 2.28. The van der Waals surface area contributed by atoms with E-state index in [1.165, 1.54) is 0 Å². The van der Waals surface area contributed by atoms with Crippen molar-refractivity contribution >= 4 is 41.5 Å². The first-order valence-corrected chi connectivity index (χ1v) is 13.2. The highest BCUT2D eigenvalue weighted by Gasteiger charge is 2.27. The van der Waals surface area contributed by atoms with Crippen LogP contribution in [0.25, 0.3) is 0 Å². The van der Waals surface area contributed by atoms with Crippen LogP contribution in [0, 0.1) is 11.8 Å². The first-order chi connectivity index (χ1) is 18.4. The van der Waals surface area contributed by atoms with Gasteiger partial charge in [0.25, 0.3) is 0 Å². The number of carbonyl (C=O) groups excluding carboxylic acids is 4. The van der Waals surface area contributed by atoms with Crippen LogP contribution in [0.1, 0.15) is 77.6 Å². The van der Waals surface area contributed by atoms with Gasteiger partial charge in [-0.15, -0.1) is 0 Å². The summed E-state index contributed by atoms with van der Waals surface area (Å²) >= 11 is 0. The van der Waals surface area contributed by atoms with Crippen LogP contribution < -0.4 is 21.3 Å². The summed E-state index contributed by atoms with van der Waals surface area (Å²) in [5, 5.41) is 36.9. The third-order valence-electron chi connectivity index (χ3n) is 6.57. The van der Waals surface area contributed by atoms with Gasteiger partial charge in [0.15, 0.2) is 0 Å². The molecule has 2 atom stereocenters. The molecule has 14 heteroatoms. The Morgan fingerprint density at radius 2 is 1.31 bits per heavy atom. The highest BCUT2D eigenvalue weighted by molar-refractivity contribution is 5.86. The fraction of sp³-hybridized carbons (Fsp3) is 0.720. The fourth-order valence-electron chi connectivity index (χ4n) is 4.25. The average Bonchev–Trinajstić information content (AvgIpc) is 2.87. The summed E-state index contributed by atoms with van der Waals surface area (Å²) in [7, 11) is 0. The van der Waals surface area contributed by atoms with Crippen molar-refractivity contribution in [2.45, 2.75) is 89.6 Å². The molecule has 1 aliphatic carbocycles. The lowest BCUT2D eigenvalue weighted by Crippen LogP contribution is -2.51. The van der Waals surface area contributed by atoms with E-state index in [0.717, 1.165) is 25.7 Å².